The highest BCUT2D eigenvalue weighted by Gasteiger charge is 2.18. The lowest BCUT2D eigenvalue weighted by molar-refractivity contribution is 0.643. The molecule has 0 saturated carbocycles. The highest BCUT2D eigenvalue weighted by atomic mass is 35.7. The molecule has 0 aromatic heterocycles. The minimum Gasteiger partial charge on any atom is -0.476 e. The van der Waals surface area contributed by atoms with Crippen LogP contribution in [-0.2, 0) is 0 Å². The first-order valence-electron chi connectivity index (χ1n) is 8.58. The summed E-state index contributed by atoms with van der Waals surface area (Å²) in [6.07, 6.45) is 0. The Balaban J connectivity index is 2.31. The number of halogens is 1. The summed E-state index contributed by atoms with van der Waals surface area (Å²) in [5.41, 5.74) is 8.78. The van der Waals surface area contributed by atoms with Crippen molar-refractivity contribution in [2.24, 2.45) is 0 Å². The second-order valence-electron chi connectivity index (χ2n) is 6.33. The molecule has 0 bridgehead atoms. The number of hydrogen-bond acceptors (Lipinski definition) is 1. The van der Waals surface area contributed by atoms with E-state index in [1.54, 1.807) is 0 Å². The molecule has 1 nitrogen and oxygen atoms in total. The average Bonchev–Trinajstić information content (AvgIpc) is 2.63. The van der Waals surface area contributed by atoms with Crippen molar-refractivity contribution in [3.63, 3.8) is 0 Å². The van der Waals surface area contributed by atoms with Crippen molar-refractivity contribution in [2.75, 3.05) is 6.66 Å². The van der Waals surface area contributed by atoms with E-state index >= 15 is 0 Å². The Morgan fingerprint density at radius 3 is 2.19 bits per heavy atom. The maximum atomic E-state index is 6.21. The van der Waals surface area contributed by atoms with E-state index in [-0.39, 0.29) is 7.93 Å². The topological polar surface area (TPSA) is 9.23 Å². The summed E-state index contributed by atoms with van der Waals surface area (Å²) < 4.78 is 6.05. The maximum absolute atomic E-state index is 6.21. The molecule has 2 unspecified atom stereocenters. The normalized spacial score (nSPS) is 11.7. The smallest absolute Gasteiger partial charge is 0.139 e. The average molecular weight is 401 g/mol. The summed E-state index contributed by atoms with van der Waals surface area (Å²) in [6.45, 7) is 8.62. The zero-order chi connectivity index (χ0) is 18.7. The van der Waals surface area contributed by atoms with Gasteiger partial charge in [0.2, 0.25) is 0 Å². The van der Waals surface area contributed by atoms with Crippen LogP contribution in [0.5, 0.6) is 5.75 Å². The van der Waals surface area contributed by atoms with E-state index in [4.69, 9.17) is 15.8 Å². The quantitative estimate of drug-likeness (QED) is 0.419. The molecule has 4 heteroatoms. The van der Waals surface area contributed by atoms with Crippen LogP contribution in [0, 0.1) is 20.8 Å². The third kappa shape index (κ3) is 3.67. The van der Waals surface area contributed by atoms with Gasteiger partial charge in [0.1, 0.15) is 5.75 Å². The first-order valence-corrected chi connectivity index (χ1v) is 12.0. The molecule has 0 N–H and O–H groups in total. The third-order valence-electron chi connectivity index (χ3n) is 4.62. The summed E-state index contributed by atoms with van der Waals surface area (Å²) in [5.74, 6) is 0.927. The van der Waals surface area contributed by atoms with Gasteiger partial charge >= 0.3 is 0 Å². The van der Waals surface area contributed by atoms with Crippen LogP contribution in [0.4, 0.5) is 0 Å². The van der Waals surface area contributed by atoms with Gasteiger partial charge in [0.05, 0.1) is 8.81 Å². The van der Waals surface area contributed by atoms with Crippen molar-refractivity contribution < 1.29 is 4.52 Å². The van der Waals surface area contributed by atoms with Crippen molar-refractivity contribution >= 4 is 33.3 Å². The Bertz CT molecular complexity index is 923. The largest absolute Gasteiger partial charge is 0.476 e. The zero-order valence-corrected chi connectivity index (χ0v) is 18.2. The number of para-hydroxylation sites is 1. The third-order valence-corrected chi connectivity index (χ3v) is 6.24. The Kier molecular flexibility index (Phi) is 6.36. The monoisotopic (exact) mass is 400 g/mol. The molecule has 3 aromatic carbocycles. The Morgan fingerprint density at radius 2 is 1.54 bits per heavy atom. The van der Waals surface area contributed by atoms with Crippen molar-refractivity contribution in [3.8, 4) is 28.0 Å². The number of hydrogen-bond donors (Lipinski definition) is 0. The first kappa shape index (κ1) is 19.4. The van der Waals surface area contributed by atoms with Gasteiger partial charge in [-0.15, -0.1) is 0 Å². The van der Waals surface area contributed by atoms with Crippen molar-refractivity contribution in [1.29, 1.82) is 0 Å². The molecule has 0 aliphatic rings. The number of aryl methyl sites for hydroxylation is 2. The SMILES string of the molecule is CPOc1c(PCl)cccc1-c1c(C)cc(C)c(-c2ccccc2)c1C. The molecule has 2 atom stereocenters. The molecule has 0 amide bonds. The standard InChI is InChI=1S/C22H23ClOP2/c1-14-13-15(2)21(16(3)20(14)17-9-6-5-7-10-17)18-11-8-12-19(26-23)22(18)24-25-4/h5-13,25-26H,1-4H3. The molecule has 134 valence electrons. The number of benzene rings is 3. The molecular formula is C22H23ClOP2. The van der Waals surface area contributed by atoms with Crippen LogP contribution >= 0.6 is 28.0 Å². The summed E-state index contributed by atoms with van der Waals surface area (Å²) in [7, 11) is 0.576. The van der Waals surface area contributed by atoms with Gasteiger partial charge < -0.3 is 4.52 Å². The molecule has 3 aromatic rings. The minimum absolute atomic E-state index is 0.193. The van der Waals surface area contributed by atoms with Gasteiger partial charge in [0.25, 0.3) is 0 Å². The summed E-state index contributed by atoms with van der Waals surface area (Å²) in [5, 5.41) is 1.07. The Labute approximate surface area is 164 Å². The molecule has 0 aliphatic heterocycles. The van der Waals surface area contributed by atoms with Gasteiger partial charge in [0, 0.05) is 18.8 Å². The molecule has 0 heterocycles. The van der Waals surface area contributed by atoms with Gasteiger partial charge in [-0.1, -0.05) is 59.8 Å². The van der Waals surface area contributed by atoms with Crippen LogP contribution in [0.2, 0.25) is 0 Å². The van der Waals surface area contributed by atoms with Crippen LogP contribution in [0.25, 0.3) is 22.3 Å². The highest BCUT2D eigenvalue weighted by molar-refractivity contribution is 7.75. The van der Waals surface area contributed by atoms with Crippen molar-refractivity contribution in [1.82, 2.24) is 0 Å². The van der Waals surface area contributed by atoms with Gasteiger partial charge in [-0.05, 0) is 66.9 Å². The lowest BCUT2D eigenvalue weighted by Crippen LogP contribution is -2.03. The van der Waals surface area contributed by atoms with E-state index in [1.165, 1.54) is 33.4 Å². The van der Waals surface area contributed by atoms with E-state index in [2.05, 4.69) is 75.4 Å². The lowest BCUT2D eigenvalue weighted by Gasteiger charge is -2.21. The van der Waals surface area contributed by atoms with Crippen molar-refractivity contribution in [2.45, 2.75) is 20.8 Å². The van der Waals surface area contributed by atoms with Gasteiger partial charge in [-0.2, -0.15) is 0 Å². The summed E-state index contributed by atoms with van der Waals surface area (Å²) >= 11 is 6.21. The van der Waals surface area contributed by atoms with E-state index in [9.17, 15) is 0 Å². The molecule has 26 heavy (non-hydrogen) atoms. The van der Waals surface area contributed by atoms with Gasteiger partial charge in [-0.3, -0.25) is 0 Å². The fourth-order valence-electron chi connectivity index (χ4n) is 3.67. The predicted molar refractivity (Wildman–Crippen MR) is 120 cm³/mol. The Morgan fingerprint density at radius 1 is 0.846 bits per heavy atom. The predicted octanol–water partition coefficient (Wildman–Crippen LogP) is 7.01. The van der Waals surface area contributed by atoms with Gasteiger partial charge in [-0.25, -0.2) is 0 Å². The maximum Gasteiger partial charge on any atom is 0.139 e. The highest BCUT2D eigenvalue weighted by Crippen LogP contribution is 2.42. The van der Waals surface area contributed by atoms with Crippen LogP contribution in [0.15, 0.2) is 54.6 Å². The summed E-state index contributed by atoms with van der Waals surface area (Å²) in [4.78, 5) is 0. The van der Waals surface area contributed by atoms with Crippen LogP contribution in [-0.4, -0.2) is 6.66 Å². The zero-order valence-electron chi connectivity index (χ0n) is 15.5. The molecule has 0 spiro atoms. The first-order chi connectivity index (χ1) is 12.6. The second kappa shape index (κ2) is 8.53. The van der Waals surface area contributed by atoms with E-state index in [1.807, 2.05) is 6.66 Å². The molecule has 0 fully saturated rings. The molecule has 0 radical (unpaired) electrons. The summed E-state index contributed by atoms with van der Waals surface area (Å²) in [6, 6.07) is 19.2. The number of rotatable bonds is 5. The second-order valence-corrected chi connectivity index (χ2v) is 8.24. The van der Waals surface area contributed by atoms with E-state index in [0.29, 0.717) is 8.81 Å². The van der Waals surface area contributed by atoms with E-state index in [0.717, 1.165) is 16.6 Å². The van der Waals surface area contributed by atoms with Crippen LogP contribution in [0.3, 0.4) is 0 Å². The van der Waals surface area contributed by atoms with Crippen LogP contribution in [0.1, 0.15) is 16.7 Å². The molecule has 0 saturated heterocycles. The van der Waals surface area contributed by atoms with Gasteiger partial charge in [0.15, 0.2) is 0 Å². The van der Waals surface area contributed by atoms with Crippen LogP contribution < -0.4 is 9.83 Å². The molecule has 3 rings (SSSR count). The molecule has 0 aliphatic carbocycles. The fraction of sp³-hybridized carbons (Fsp3) is 0.182. The molecular weight excluding hydrogens is 378 g/mol. The van der Waals surface area contributed by atoms with Crippen molar-refractivity contribution in [3.05, 3.63) is 71.3 Å². The fourth-order valence-corrected chi connectivity index (χ4v) is 5.07. The minimum atomic E-state index is 0.193. The van der Waals surface area contributed by atoms with E-state index < -0.39 is 0 Å². The Hall–Kier alpha value is -1.39. The lowest BCUT2D eigenvalue weighted by atomic mass is 9.86.